The van der Waals surface area contributed by atoms with Crippen molar-refractivity contribution in [3.63, 3.8) is 0 Å². The Morgan fingerprint density at radius 3 is 1.90 bits per heavy atom. The molecule has 0 aliphatic heterocycles. The minimum atomic E-state index is -1.92. The van der Waals surface area contributed by atoms with Gasteiger partial charge in [-0.1, -0.05) is 55.5 Å². The largest absolute Gasteiger partial charge is 0.477 e. The van der Waals surface area contributed by atoms with E-state index >= 15 is 0 Å². The molecule has 10 heteroatoms. The molecule has 2 aromatic carbocycles. The van der Waals surface area contributed by atoms with Crippen molar-refractivity contribution < 1.29 is 38.9 Å². The van der Waals surface area contributed by atoms with Gasteiger partial charge in [-0.2, -0.15) is 0 Å². The van der Waals surface area contributed by atoms with Crippen LogP contribution >= 0.6 is 0 Å². The molecular formula is C31H38N2O8. The van der Waals surface area contributed by atoms with Gasteiger partial charge >= 0.3 is 18.2 Å². The number of rotatable bonds is 8. The predicted molar refractivity (Wildman–Crippen MR) is 152 cm³/mol. The number of hydrogen-bond donors (Lipinski definition) is 3. The lowest BCUT2D eigenvalue weighted by Crippen LogP contribution is -2.60. The quantitative estimate of drug-likeness (QED) is 0.370. The number of alkyl carbamates (subject to hydrolysis) is 1. The second kappa shape index (κ2) is 12.1. The second-order valence-electron chi connectivity index (χ2n) is 11.5. The number of aliphatic carboxylic acids is 1. The van der Waals surface area contributed by atoms with Gasteiger partial charge in [0.2, 0.25) is 0 Å². The van der Waals surface area contributed by atoms with E-state index in [9.17, 15) is 29.4 Å². The summed E-state index contributed by atoms with van der Waals surface area (Å²) in [6.45, 7) is 10.3. The van der Waals surface area contributed by atoms with E-state index in [1.807, 2.05) is 48.5 Å². The van der Waals surface area contributed by atoms with Crippen molar-refractivity contribution in [2.24, 2.45) is 0 Å². The molecule has 1 atom stereocenters. The SMILES string of the molecule is CC/C(C)=C(/C(=O)O)N(C(=O)OC(C)(C)C)C(=O)[C@@H](NC(=O)OCC1c2ccccc2-c2ccccc21)C(C)(C)O. The Bertz CT molecular complexity index is 1320. The molecule has 0 aromatic heterocycles. The van der Waals surface area contributed by atoms with E-state index < -0.39 is 47.0 Å². The fourth-order valence-electron chi connectivity index (χ4n) is 4.66. The first-order valence-corrected chi connectivity index (χ1v) is 13.4. The Morgan fingerprint density at radius 2 is 1.46 bits per heavy atom. The van der Waals surface area contributed by atoms with E-state index in [1.165, 1.54) is 20.8 Å². The van der Waals surface area contributed by atoms with Crippen LogP contribution in [-0.4, -0.2) is 63.0 Å². The maximum absolute atomic E-state index is 13.8. The van der Waals surface area contributed by atoms with Crippen molar-refractivity contribution in [1.29, 1.82) is 0 Å². The number of nitrogens with zero attached hydrogens (tertiary/aromatic N) is 1. The van der Waals surface area contributed by atoms with Gasteiger partial charge in [0.15, 0.2) is 0 Å². The maximum atomic E-state index is 13.8. The fraction of sp³-hybridized carbons (Fsp3) is 0.419. The van der Waals surface area contributed by atoms with Gasteiger partial charge in [-0.05, 0) is 75.8 Å². The molecule has 0 spiro atoms. The first-order chi connectivity index (χ1) is 19.1. The van der Waals surface area contributed by atoms with E-state index in [0.29, 0.717) is 4.90 Å². The number of fused-ring (bicyclic) bond motifs is 3. The summed E-state index contributed by atoms with van der Waals surface area (Å²) in [5.74, 6) is -2.99. The summed E-state index contributed by atoms with van der Waals surface area (Å²) in [6.07, 6.45) is -2.07. The number of ether oxygens (including phenoxy) is 2. The summed E-state index contributed by atoms with van der Waals surface area (Å²) in [7, 11) is 0. The summed E-state index contributed by atoms with van der Waals surface area (Å²) in [6, 6.07) is 13.8. The monoisotopic (exact) mass is 566 g/mol. The standard InChI is InChI=1S/C31H38N2O8/c1-8-18(2)24(27(35)36)33(29(38)41-30(3,4)5)26(34)25(31(6,7)39)32-28(37)40-17-23-21-15-11-9-13-19(21)20-14-10-12-16-22(20)23/h9-16,23,25,39H,8,17H2,1-7H3,(H,32,37)(H,35,36)/b24-18-/t25-/m1/s1. The average molecular weight is 567 g/mol. The number of carbonyl (C=O) groups excluding carboxylic acids is 3. The number of nitrogens with one attached hydrogen (secondary N) is 1. The number of carboxylic acid groups (broad SMARTS) is 1. The van der Waals surface area contributed by atoms with Crippen molar-refractivity contribution in [3.8, 4) is 11.1 Å². The molecule has 0 heterocycles. The molecule has 3 N–H and O–H groups in total. The lowest BCUT2D eigenvalue weighted by Gasteiger charge is -2.34. The first-order valence-electron chi connectivity index (χ1n) is 13.4. The van der Waals surface area contributed by atoms with Crippen molar-refractivity contribution in [1.82, 2.24) is 10.2 Å². The summed E-state index contributed by atoms with van der Waals surface area (Å²) in [5.41, 5.74) is 0.653. The third kappa shape index (κ3) is 7.13. The highest BCUT2D eigenvalue weighted by atomic mass is 16.6. The lowest BCUT2D eigenvalue weighted by molar-refractivity contribution is -0.143. The summed E-state index contributed by atoms with van der Waals surface area (Å²) < 4.78 is 10.9. The van der Waals surface area contributed by atoms with Gasteiger partial charge in [-0.25, -0.2) is 19.3 Å². The van der Waals surface area contributed by atoms with Gasteiger partial charge in [0.05, 0.1) is 5.60 Å². The van der Waals surface area contributed by atoms with Crippen LogP contribution in [0.4, 0.5) is 9.59 Å². The highest BCUT2D eigenvalue weighted by Crippen LogP contribution is 2.44. The number of allylic oxidation sites excluding steroid dienone is 1. The first kappa shape index (κ1) is 31.3. The molecule has 220 valence electrons. The molecule has 0 fully saturated rings. The molecular weight excluding hydrogens is 528 g/mol. The van der Waals surface area contributed by atoms with E-state index in [1.54, 1.807) is 27.7 Å². The number of benzene rings is 2. The van der Waals surface area contributed by atoms with Crippen molar-refractivity contribution in [2.45, 2.75) is 78.0 Å². The number of carboxylic acids is 1. The van der Waals surface area contributed by atoms with Crippen LogP contribution in [-0.2, 0) is 19.1 Å². The van der Waals surface area contributed by atoms with E-state index in [0.717, 1.165) is 22.3 Å². The van der Waals surface area contributed by atoms with Gasteiger partial charge in [-0.3, -0.25) is 4.79 Å². The van der Waals surface area contributed by atoms with Crippen LogP contribution in [0.2, 0.25) is 0 Å². The third-order valence-corrected chi connectivity index (χ3v) is 6.72. The zero-order chi connectivity index (χ0) is 30.7. The molecule has 0 bridgehead atoms. The van der Waals surface area contributed by atoms with Crippen molar-refractivity contribution in [3.05, 3.63) is 70.9 Å². The van der Waals surface area contributed by atoms with Crippen LogP contribution in [0.3, 0.4) is 0 Å². The Morgan fingerprint density at radius 1 is 0.951 bits per heavy atom. The zero-order valence-corrected chi connectivity index (χ0v) is 24.5. The number of hydrogen-bond acceptors (Lipinski definition) is 7. The molecule has 0 radical (unpaired) electrons. The molecule has 3 amide bonds. The number of imide groups is 1. The molecule has 1 aliphatic carbocycles. The van der Waals surface area contributed by atoms with E-state index in [2.05, 4.69) is 5.32 Å². The zero-order valence-electron chi connectivity index (χ0n) is 24.5. The van der Waals surface area contributed by atoms with Gasteiger partial charge < -0.3 is 25.0 Å². The van der Waals surface area contributed by atoms with Crippen LogP contribution in [0.1, 0.15) is 71.9 Å². The van der Waals surface area contributed by atoms with Crippen LogP contribution in [0.5, 0.6) is 0 Å². The summed E-state index contributed by atoms with van der Waals surface area (Å²) in [4.78, 5) is 52.6. The molecule has 0 unspecified atom stereocenters. The van der Waals surface area contributed by atoms with Crippen LogP contribution < -0.4 is 5.32 Å². The molecule has 0 saturated heterocycles. The number of aliphatic hydroxyl groups is 1. The minimum absolute atomic E-state index is 0.0579. The highest BCUT2D eigenvalue weighted by molar-refractivity contribution is 6.05. The molecule has 41 heavy (non-hydrogen) atoms. The maximum Gasteiger partial charge on any atom is 0.422 e. The topological polar surface area (TPSA) is 142 Å². The van der Waals surface area contributed by atoms with Crippen LogP contribution in [0, 0.1) is 0 Å². The Labute approximate surface area is 239 Å². The van der Waals surface area contributed by atoms with Crippen molar-refractivity contribution in [2.75, 3.05) is 6.61 Å². The van der Waals surface area contributed by atoms with Crippen LogP contribution in [0.15, 0.2) is 59.8 Å². The molecule has 0 saturated carbocycles. The normalized spacial score (nSPS) is 14.2. The Kier molecular flexibility index (Phi) is 9.28. The highest BCUT2D eigenvalue weighted by Gasteiger charge is 2.44. The van der Waals surface area contributed by atoms with Crippen molar-refractivity contribution >= 4 is 24.1 Å². The smallest absolute Gasteiger partial charge is 0.422 e. The summed E-state index contributed by atoms with van der Waals surface area (Å²) in [5, 5.41) is 23.2. The Hall–Kier alpha value is -4.18. The fourth-order valence-corrected chi connectivity index (χ4v) is 4.66. The van der Waals surface area contributed by atoms with Gasteiger partial charge in [0.1, 0.15) is 23.9 Å². The van der Waals surface area contributed by atoms with E-state index in [-0.39, 0.29) is 24.5 Å². The van der Waals surface area contributed by atoms with Gasteiger partial charge in [-0.15, -0.1) is 0 Å². The molecule has 10 nitrogen and oxygen atoms in total. The lowest BCUT2D eigenvalue weighted by atomic mass is 9.97. The summed E-state index contributed by atoms with van der Waals surface area (Å²) >= 11 is 0. The molecule has 1 aliphatic rings. The second-order valence-corrected chi connectivity index (χ2v) is 11.5. The third-order valence-electron chi connectivity index (χ3n) is 6.72. The molecule has 3 rings (SSSR count). The predicted octanol–water partition coefficient (Wildman–Crippen LogP) is 5.20. The number of amides is 3. The average Bonchev–Trinajstić information content (AvgIpc) is 3.20. The Balaban J connectivity index is 1.89. The van der Waals surface area contributed by atoms with Crippen LogP contribution in [0.25, 0.3) is 11.1 Å². The minimum Gasteiger partial charge on any atom is -0.477 e. The van der Waals surface area contributed by atoms with Gasteiger partial charge in [0, 0.05) is 5.92 Å². The van der Waals surface area contributed by atoms with E-state index in [4.69, 9.17) is 9.47 Å². The number of carbonyl (C=O) groups is 4. The molecule has 2 aromatic rings. The van der Waals surface area contributed by atoms with Gasteiger partial charge in [0.25, 0.3) is 5.91 Å².